The van der Waals surface area contributed by atoms with Gasteiger partial charge < -0.3 is 15.0 Å². The summed E-state index contributed by atoms with van der Waals surface area (Å²) in [6.07, 6.45) is 0. The van der Waals surface area contributed by atoms with Gasteiger partial charge in [-0.1, -0.05) is 22.8 Å². The molecule has 5 heteroatoms. The normalized spacial score (nSPS) is 10.2. The maximum atomic E-state index is 5.68. The lowest BCUT2D eigenvalue weighted by atomic mass is 9.93. The fourth-order valence-electron chi connectivity index (χ4n) is 1.33. The Morgan fingerprint density at radius 1 is 1.40 bits per heavy atom. The first-order valence-corrected chi connectivity index (χ1v) is 4.37. The number of nitrogen functional groups attached to an aromatic ring is 1. The summed E-state index contributed by atoms with van der Waals surface area (Å²) in [7, 11) is 7.26. The number of hydrogen-bond acceptors (Lipinski definition) is 4. The number of rotatable bonds is 2. The molecule has 1 aromatic heterocycles. The van der Waals surface area contributed by atoms with E-state index in [4.69, 9.17) is 22.8 Å². The molecule has 1 aromatic carbocycles. The van der Waals surface area contributed by atoms with Crippen molar-refractivity contribution >= 4 is 19.1 Å². The number of methoxy groups -OCH3 is 1. The minimum Gasteiger partial charge on any atom is -0.496 e. The van der Waals surface area contributed by atoms with Crippen molar-refractivity contribution in [3.05, 3.63) is 24.3 Å². The third-order valence-corrected chi connectivity index (χ3v) is 2.02. The molecule has 0 aliphatic heterocycles. The number of nitrogens with zero attached hydrogens (tertiary/aromatic N) is 1. The van der Waals surface area contributed by atoms with E-state index in [9.17, 15) is 0 Å². The number of anilines is 1. The largest absolute Gasteiger partial charge is 0.496 e. The highest BCUT2D eigenvalue weighted by Gasteiger charge is 2.10. The number of benzene rings is 1. The first kappa shape index (κ1) is 9.64. The van der Waals surface area contributed by atoms with Crippen LogP contribution in [0.2, 0.25) is 0 Å². The zero-order valence-electron chi connectivity index (χ0n) is 8.23. The zero-order valence-corrected chi connectivity index (χ0v) is 8.23. The topological polar surface area (TPSA) is 61.3 Å². The van der Waals surface area contributed by atoms with Crippen LogP contribution in [0.4, 0.5) is 5.82 Å². The molecule has 15 heavy (non-hydrogen) atoms. The van der Waals surface area contributed by atoms with Crippen LogP contribution in [-0.4, -0.2) is 20.1 Å². The van der Waals surface area contributed by atoms with Crippen molar-refractivity contribution in [2.24, 2.45) is 0 Å². The first-order chi connectivity index (χ1) is 7.20. The second-order valence-corrected chi connectivity index (χ2v) is 3.08. The van der Waals surface area contributed by atoms with Gasteiger partial charge in [0.1, 0.15) is 13.6 Å². The number of nitrogens with two attached hydrogens (primary N) is 1. The smallest absolute Gasteiger partial charge is 0.172 e. The third-order valence-electron chi connectivity index (χ3n) is 2.02. The third kappa shape index (κ3) is 1.81. The number of ether oxygens (including phenoxy) is 1. The second kappa shape index (κ2) is 3.69. The van der Waals surface area contributed by atoms with Crippen LogP contribution < -0.4 is 15.9 Å². The fraction of sp³-hybridized carbons (Fsp3) is 0.100. The molecule has 2 rings (SSSR count). The lowest BCUT2D eigenvalue weighted by Gasteiger charge is -2.06. The highest BCUT2D eigenvalue weighted by molar-refractivity contribution is 6.32. The second-order valence-electron chi connectivity index (χ2n) is 3.08. The van der Waals surface area contributed by atoms with Crippen LogP contribution in [0.25, 0.3) is 11.3 Å². The van der Waals surface area contributed by atoms with Gasteiger partial charge in [0.2, 0.25) is 0 Å². The van der Waals surface area contributed by atoms with Gasteiger partial charge in [-0.25, -0.2) is 0 Å². The molecule has 0 aliphatic carbocycles. The van der Waals surface area contributed by atoms with Gasteiger partial charge in [-0.15, -0.1) is 0 Å². The Hall–Kier alpha value is -1.91. The standard InChI is InChI=1S/C10H9BN2O2/c1-14-8-3-2-6(11)4-7(8)9-5-10(12)13-15-9/h2-5H,1H3,(H2,12,13). The quantitative estimate of drug-likeness (QED) is 0.725. The van der Waals surface area contributed by atoms with Gasteiger partial charge in [-0.05, 0) is 6.07 Å². The van der Waals surface area contributed by atoms with Crippen molar-refractivity contribution in [2.45, 2.75) is 0 Å². The van der Waals surface area contributed by atoms with Gasteiger partial charge in [-0.2, -0.15) is 0 Å². The lowest BCUT2D eigenvalue weighted by molar-refractivity contribution is 0.407. The minimum atomic E-state index is 0.328. The first-order valence-electron chi connectivity index (χ1n) is 4.37. The van der Waals surface area contributed by atoms with Gasteiger partial charge in [0.05, 0.1) is 12.7 Å². The summed E-state index contributed by atoms with van der Waals surface area (Å²) in [5, 5.41) is 3.60. The molecule has 0 fully saturated rings. The van der Waals surface area contributed by atoms with Crippen LogP contribution in [0.1, 0.15) is 0 Å². The number of aromatic nitrogens is 1. The lowest BCUT2D eigenvalue weighted by Crippen LogP contribution is -2.02. The molecule has 74 valence electrons. The Kier molecular flexibility index (Phi) is 2.37. The van der Waals surface area contributed by atoms with Crippen molar-refractivity contribution in [3.63, 3.8) is 0 Å². The summed E-state index contributed by atoms with van der Waals surface area (Å²) in [5.74, 6) is 1.53. The molecule has 0 atom stereocenters. The molecule has 2 radical (unpaired) electrons. The van der Waals surface area contributed by atoms with E-state index < -0.39 is 0 Å². The molecule has 0 unspecified atom stereocenters. The van der Waals surface area contributed by atoms with Crippen LogP contribution in [-0.2, 0) is 0 Å². The van der Waals surface area contributed by atoms with Gasteiger partial charge in [0, 0.05) is 6.07 Å². The molecule has 0 saturated carbocycles. The van der Waals surface area contributed by atoms with Gasteiger partial charge in [-0.3, -0.25) is 0 Å². The van der Waals surface area contributed by atoms with E-state index >= 15 is 0 Å². The van der Waals surface area contributed by atoms with Gasteiger partial charge in [0.15, 0.2) is 11.6 Å². The zero-order chi connectivity index (χ0) is 10.8. The van der Waals surface area contributed by atoms with Crippen LogP contribution in [0.3, 0.4) is 0 Å². The van der Waals surface area contributed by atoms with Crippen molar-refractivity contribution in [2.75, 3.05) is 12.8 Å². The van der Waals surface area contributed by atoms with Crippen molar-refractivity contribution in [1.29, 1.82) is 0 Å². The predicted molar refractivity (Wildman–Crippen MR) is 58.3 cm³/mol. The van der Waals surface area contributed by atoms with E-state index in [1.807, 2.05) is 0 Å². The molecule has 4 nitrogen and oxygen atoms in total. The van der Waals surface area contributed by atoms with E-state index in [0.29, 0.717) is 22.8 Å². The molecule has 0 spiro atoms. The van der Waals surface area contributed by atoms with Gasteiger partial charge >= 0.3 is 0 Å². The van der Waals surface area contributed by atoms with E-state index in [1.165, 1.54) is 0 Å². The van der Waals surface area contributed by atoms with Crippen LogP contribution in [0, 0.1) is 0 Å². The fourth-order valence-corrected chi connectivity index (χ4v) is 1.33. The predicted octanol–water partition coefficient (Wildman–Crippen LogP) is 0.726. The van der Waals surface area contributed by atoms with Crippen LogP contribution in [0.15, 0.2) is 28.8 Å². The highest BCUT2D eigenvalue weighted by atomic mass is 16.5. The molecule has 0 aliphatic rings. The Bertz CT molecular complexity index is 482. The average molecular weight is 200 g/mol. The Morgan fingerprint density at radius 3 is 2.80 bits per heavy atom. The Morgan fingerprint density at radius 2 is 2.20 bits per heavy atom. The Balaban J connectivity index is 2.55. The molecular weight excluding hydrogens is 191 g/mol. The minimum absolute atomic E-state index is 0.328. The summed E-state index contributed by atoms with van der Waals surface area (Å²) in [4.78, 5) is 0. The van der Waals surface area contributed by atoms with Crippen LogP contribution in [0.5, 0.6) is 5.75 Å². The maximum absolute atomic E-state index is 5.68. The van der Waals surface area contributed by atoms with E-state index in [0.717, 1.165) is 5.56 Å². The molecule has 0 saturated heterocycles. The van der Waals surface area contributed by atoms with E-state index in [2.05, 4.69) is 5.16 Å². The molecule has 1 heterocycles. The van der Waals surface area contributed by atoms with Crippen molar-refractivity contribution in [3.8, 4) is 17.1 Å². The van der Waals surface area contributed by atoms with Crippen molar-refractivity contribution in [1.82, 2.24) is 5.16 Å². The summed E-state index contributed by atoms with van der Waals surface area (Å²) in [6, 6.07) is 6.89. The maximum Gasteiger partial charge on any atom is 0.172 e. The van der Waals surface area contributed by atoms with Crippen LogP contribution >= 0.6 is 0 Å². The SMILES string of the molecule is [B]c1ccc(OC)c(-c2cc(N)no2)c1. The molecule has 0 amide bonds. The Labute approximate surface area is 88.4 Å². The summed E-state index contributed by atoms with van der Waals surface area (Å²) in [6.45, 7) is 0. The van der Waals surface area contributed by atoms with E-state index in [1.54, 1.807) is 31.4 Å². The molecular formula is C10H9BN2O2. The summed E-state index contributed by atoms with van der Waals surface area (Å²) in [5.41, 5.74) is 6.83. The molecule has 2 N–H and O–H groups in total. The van der Waals surface area contributed by atoms with Crippen molar-refractivity contribution < 1.29 is 9.26 Å². The summed E-state index contributed by atoms with van der Waals surface area (Å²) < 4.78 is 10.2. The van der Waals surface area contributed by atoms with Gasteiger partial charge in [0.25, 0.3) is 0 Å². The monoisotopic (exact) mass is 200 g/mol. The highest BCUT2D eigenvalue weighted by Crippen LogP contribution is 2.29. The molecule has 2 aromatic rings. The number of hydrogen-bond donors (Lipinski definition) is 1. The average Bonchev–Trinajstić information content (AvgIpc) is 2.65. The van der Waals surface area contributed by atoms with E-state index in [-0.39, 0.29) is 0 Å². The summed E-state index contributed by atoms with van der Waals surface area (Å²) >= 11 is 0. The molecule has 0 bridgehead atoms.